The summed E-state index contributed by atoms with van der Waals surface area (Å²) >= 11 is 0. The standard InChI is InChI=1S/C66H86N16O12S5/c1-9-33-79(34-10-2)53-25-17-21-47(41-53)67-61-73-62(68-48-22-18-26-54(42-48)95(83,84)80(35-11-3)36-12-4)76-65(74-61)71-51-29-31-57(59(45-51)98(89,90)91)58-32-30-52(46-60(58)99(92,93)94)72-66-77-63(69-49-23-19-27-55(43-49)96(85,86)81(37-13-5)38-14-6)75-64(78-66)70-50-24-20-28-56(44-50)97(87,88)82(39-15-7)40-16-8/h17-32,41-46H,9-16,33-40H2,1-8H3,(H,89,90,91)(H,92,93,94)(H3,67,68,71,73,74,76)(H3,69,70,72,75,77,78). The normalized spacial score (nSPS) is 12.3. The minimum absolute atomic E-state index is 0.000129. The Labute approximate surface area is 581 Å². The fourth-order valence-electron chi connectivity index (χ4n) is 10.8. The Morgan fingerprint density at radius 1 is 0.303 bits per heavy atom. The molecule has 33 heteroatoms. The summed E-state index contributed by atoms with van der Waals surface area (Å²) in [5.41, 5.74) is 1.46. The molecule has 0 aliphatic carbocycles. The van der Waals surface area contributed by atoms with Crippen molar-refractivity contribution < 1.29 is 51.2 Å². The Morgan fingerprint density at radius 2 is 0.545 bits per heavy atom. The summed E-state index contributed by atoms with van der Waals surface area (Å²) in [6.45, 7) is 18.9. The minimum Gasteiger partial charge on any atom is -0.371 e. The van der Waals surface area contributed by atoms with Gasteiger partial charge in [0.25, 0.3) is 20.2 Å². The molecular formula is C66H86N16O12S5. The van der Waals surface area contributed by atoms with E-state index >= 15 is 0 Å². The van der Waals surface area contributed by atoms with Gasteiger partial charge in [-0.05, 0) is 148 Å². The molecule has 0 spiro atoms. The predicted octanol–water partition coefficient (Wildman–Crippen LogP) is 12.7. The van der Waals surface area contributed by atoms with E-state index < -0.39 is 60.1 Å². The van der Waals surface area contributed by atoms with Gasteiger partial charge in [0, 0.05) is 103 Å². The Hall–Kier alpha value is -8.51. The lowest BCUT2D eigenvalue weighted by Crippen LogP contribution is -2.32. The Morgan fingerprint density at radius 3 is 0.798 bits per heavy atom. The fourth-order valence-corrected chi connectivity index (χ4v) is 17.3. The van der Waals surface area contributed by atoms with E-state index in [-0.39, 0.29) is 84.3 Å². The molecule has 0 amide bonds. The van der Waals surface area contributed by atoms with Gasteiger partial charge in [0.05, 0.1) is 14.7 Å². The lowest BCUT2D eigenvalue weighted by Gasteiger charge is -2.24. The van der Waals surface area contributed by atoms with Crippen LogP contribution in [0.2, 0.25) is 0 Å². The van der Waals surface area contributed by atoms with Crippen LogP contribution < -0.4 is 36.8 Å². The van der Waals surface area contributed by atoms with Gasteiger partial charge in [-0.1, -0.05) is 91.8 Å². The minimum atomic E-state index is -5.27. The van der Waals surface area contributed by atoms with Crippen LogP contribution in [0.15, 0.2) is 158 Å². The summed E-state index contributed by atoms with van der Waals surface area (Å²) in [5, 5.41) is 18.2. The number of nitrogens with zero attached hydrogens (tertiary/aromatic N) is 10. The van der Waals surface area contributed by atoms with E-state index in [2.05, 4.69) is 80.6 Å². The number of rotatable bonds is 38. The number of aromatic nitrogens is 6. The molecule has 0 fully saturated rings. The zero-order valence-electron chi connectivity index (χ0n) is 56.5. The first kappa shape index (κ1) is 76.2. The molecule has 8 rings (SSSR count). The molecule has 8 aromatic rings. The molecular weight excluding hydrogens is 1370 g/mol. The fraction of sp³-hybridized carbons (Fsp3) is 0.364. The van der Waals surface area contributed by atoms with Crippen molar-refractivity contribution in [2.45, 2.75) is 131 Å². The van der Waals surface area contributed by atoms with Crippen molar-refractivity contribution in [2.24, 2.45) is 0 Å². The summed E-state index contributed by atoms with van der Waals surface area (Å²) in [5.74, 6) is -0.866. The summed E-state index contributed by atoms with van der Waals surface area (Å²) in [4.78, 5) is 28.0. The third-order valence-electron chi connectivity index (χ3n) is 15.1. The number of hydrogen-bond donors (Lipinski definition) is 8. The first-order chi connectivity index (χ1) is 47.2. The smallest absolute Gasteiger partial charge is 0.295 e. The highest BCUT2D eigenvalue weighted by molar-refractivity contribution is 7.89. The summed E-state index contributed by atoms with van der Waals surface area (Å²) in [6.07, 6.45) is 5.35. The number of anilines is 13. The maximum absolute atomic E-state index is 13.9. The van der Waals surface area contributed by atoms with Gasteiger partial charge in [-0.3, -0.25) is 9.11 Å². The van der Waals surface area contributed by atoms with Gasteiger partial charge in [-0.2, -0.15) is 59.7 Å². The van der Waals surface area contributed by atoms with Crippen molar-refractivity contribution >= 4 is 126 Å². The van der Waals surface area contributed by atoms with Crippen LogP contribution in [0.25, 0.3) is 11.1 Å². The van der Waals surface area contributed by atoms with Crippen molar-refractivity contribution in [3.05, 3.63) is 133 Å². The molecule has 0 bridgehead atoms. The van der Waals surface area contributed by atoms with E-state index in [1.807, 2.05) is 65.8 Å². The van der Waals surface area contributed by atoms with Crippen molar-refractivity contribution in [1.29, 1.82) is 0 Å². The first-order valence-electron chi connectivity index (χ1n) is 32.7. The van der Waals surface area contributed by atoms with Crippen LogP contribution in [0.5, 0.6) is 0 Å². The largest absolute Gasteiger partial charge is 0.371 e. The van der Waals surface area contributed by atoms with Crippen molar-refractivity contribution in [2.75, 3.05) is 89.2 Å². The van der Waals surface area contributed by atoms with Crippen molar-refractivity contribution in [1.82, 2.24) is 42.8 Å². The second-order valence-electron chi connectivity index (χ2n) is 23.1. The van der Waals surface area contributed by atoms with Gasteiger partial charge in [0.1, 0.15) is 9.79 Å². The van der Waals surface area contributed by atoms with Crippen LogP contribution >= 0.6 is 0 Å². The molecule has 0 aliphatic heterocycles. The Bertz CT molecular complexity index is 4580. The molecule has 99 heavy (non-hydrogen) atoms. The van der Waals surface area contributed by atoms with Crippen LogP contribution in [-0.4, -0.2) is 146 Å². The van der Waals surface area contributed by atoms with Gasteiger partial charge in [0.15, 0.2) is 0 Å². The summed E-state index contributed by atoms with van der Waals surface area (Å²) in [7, 11) is -22.3. The maximum atomic E-state index is 13.9. The van der Waals surface area contributed by atoms with Gasteiger partial charge in [0.2, 0.25) is 65.8 Å². The molecule has 28 nitrogen and oxygen atoms in total. The predicted molar refractivity (Wildman–Crippen MR) is 387 cm³/mol. The Kier molecular flexibility index (Phi) is 26.2. The first-order valence-corrected chi connectivity index (χ1v) is 39.9. The quantitative estimate of drug-likeness (QED) is 0.0167. The van der Waals surface area contributed by atoms with Gasteiger partial charge >= 0.3 is 0 Å². The van der Waals surface area contributed by atoms with Crippen molar-refractivity contribution in [3.63, 3.8) is 0 Å². The van der Waals surface area contributed by atoms with E-state index in [1.54, 1.807) is 24.3 Å². The number of hydrogen-bond acceptors (Lipinski definition) is 23. The topological polar surface area (TPSA) is 374 Å². The average molecular weight is 1460 g/mol. The Balaban J connectivity index is 1.17. The molecule has 8 N–H and O–H groups in total. The average Bonchev–Trinajstić information content (AvgIpc) is 0.780. The molecule has 0 saturated carbocycles. The summed E-state index contributed by atoms with van der Waals surface area (Å²) in [6, 6.07) is 32.8. The van der Waals surface area contributed by atoms with Crippen LogP contribution in [-0.2, 0) is 50.3 Å². The van der Waals surface area contributed by atoms with E-state index in [1.165, 1.54) is 85.7 Å². The van der Waals surface area contributed by atoms with Crippen molar-refractivity contribution in [3.8, 4) is 11.1 Å². The lowest BCUT2D eigenvalue weighted by atomic mass is 10.0. The molecule has 2 aromatic heterocycles. The highest BCUT2D eigenvalue weighted by Gasteiger charge is 2.29. The third-order valence-corrected chi connectivity index (χ3v) is 22.5. The molecule has 0 atom stereocenters. The SMILES string of the molecule is CCCN(CCC)c1cccc(Nc2nc(Nc3cccc(S(=O)(=O)N(CCC)CCC)c3)nc(Nc3ccc(-c4ccc(Nc5nc(Nc6cccc(S(=O)(=O)N(CCC)CCC)c6)nc(Nc6cccc(S(=O)(=O)N(CCC)CCC)c6)n5)cc4S(=O)(=O)O)c(S(=O)(=O)O)c3)n2)c1. The van der Waals surface area contributed by atoms with E-state index in [0.29, 0.717) is 89.2 Å². The highest BCUT2D eigenvalue weighted by atomic mass is 32.2. The molecule has 0 radical (unpaired) electrons. The number of benzene rings is 6. The van der Waals surface area contributed by atoms with E-state index in [0.717, 1.165) is 43.8 Å². The molecule has 0 unspecified atom stereocenters. The van der Waals surface area contributed by atoms with Gasteiger partial charge < -0.3 is 36.8 Å². The summed E-state index contributed by atoms with van der Waals surface area (Å²) < 4.78 is 163. The number of nitrogens with one attached hydrogen (secondary N) is 6. The molecule has 0 saturated heterocycles. The molecule has 6 aromatic carbocycles. The van der Waals surface area contributed by atoms with Crippen LogP contribution in [0.4, 0.5) is 75.5 Å². The molecule has 532 valence electrons. The molecule has 0 aliphatic rings. The zero-order valence-corrected chi connectivity index (χ0v) is 60.6. The van der Waals surface area contributed by atoms with Crippen LogP contribution in [0.3, 0.4) is 0 Å². The second-order valence-corrected chi connectivity index (χ2v) is 31.7. The second kappa shape index (κ2) is 34.0. The lowest BCUT2D eigenvalue weighted by molar-refractivity contribution is 0.409. The van der Waals surface area contributed by atoms with Crippen LogP contribution in [0, 0.1) is 0 Å². The molecule has 2 heterocycles. The van der Waals surface area contributed by atoms with Gasteiger partial charge in [-0.15, -0.1) is 0 Å². The zero-order chi connectivity index (χ0) is 71.7. The number of sulfonamides is 3. The van der Waals surface area contributed by atoms with Crippen LogP contribution in [0.1, 0.15) is 107 Å². The van der Waals surface area contributed by atoms with E-state index in [9.17, 15) is 51.2 Å². The monoisotopic (exact) mass is 1450 g/mol. The maximum Gasteiger partial charge on any atom is 0.295 e. The van der Waals surface area contributed by atoms with Gasteiger partial charge in [-0.25, -0.2) is 25.3 Å². The highest BCUT2D eigenvalue weighted by Crippen LogP contribution is 2.38. The third kappa shape index (κ3) is 19.9. The van der Waals surface area contributed by atoms with E-state index in [4.69, 9.17) is 0 Å².